The lowest BCUT2D eigenvalue weighted by atomic mass is 10.1. The first-order valence-electron chi connectivity index (χ1n) is 8.90. The highest BCUT2D eigenvalue weighted by atomic mass is 127. The number of hydrogen-bond donors (Lipinski definition) is 1. The summed E-state index contributed by atoms with van der Waals surface area (Å²) in [5.41, 5.74) is 1.72. The highest BCUT2D eigenvalue weighted by Gasteiger charge is 2.11. The molecule has 0 heterocycles. The number of amides is 1. The largest absolute Gasteiger partial charge is 0.488 e. The van der Waals surface area contributed by atoms with Crippen molar-refractivity contribution in [1.82, 2.24) is 0 Å². The van der Waals surface area contributed by atoms with Crippen molar-refractivity contribution in [3.8, 4) is 11.8 Å². The van der Waals surface area contributed by atoms with Crippen LogP contribution >= 0.6 is 45.8 Å². The smallest absolute Gasteiger partial charge is 0.266 e. The zero-order valence-electron chi connectivity index (χ0n) is 15.8. The number of nitrogens with zero attached hydrogens (tertiary/aromatic N) is 1. The molecule has 0 bridgehead atoms. The second-order valence-electron chi connectivity index (χ2n) is 6.36. The quantitative estimate of drug-likeness (QED) is 0.201. The number of carbonyl (C=O) groups excluding carboxylic acids is 1. The molecule has 4 nitrogen and oxygen atoms in total. The molecule has 1 amide bonds. The molecule has 0 aliphatic carbocycles. The van der Waals surface area contributed by atoms with Crippen LogP contribution in [0, 0.1) is 20.7 Å². The van der Waals surface area contributed by atoms with Gasteiger partial charge in [0.25, 0.3) is 5.91 Å². The van der Waals surface area contributed by atoms with Crippen LogP contribution in [0.3, 0.4) is 0 Å². The molecule has 0 aliphatic heterocycles. The molecule has 0 saturated heterocycles. The highest BCUT2D eigenvalue weighted by Crippen LogP contribution is 2.26. The van der Waals surface area contributed by atoms with Gasteiger partial charge in [0.1, 0.15) is 29.8 Å². The van der Waals surface area contributed by atoms with Crippen LogP contribution in [0.4, 0.5) is 10.1 Å². The van der Waals surface area contributed by atoms with E-state index in [1.165, 1.54) is 24.3 Å². The number of benzene rings is 3. The predicted molar refractivity (Wildman–Crippen MR) is 129 cm³/mol. The summed E-state index contributed by atoms with van der Waals surface area (Å²) in [6, 6.07) is 18.0. The van der Waals surface area contributed by atoms with Gasteiger partial charge < -0.3 is 10.1 Å². The van der Waals surface area contributed by atoms with Crippen molar-refractivity contribution in [3.63, 3.8) is 0 Å². The van der Waals surface area contributed by atoms with Gasteiger partial charge in [-0.05, 0) is 82.3 Å². The Balaban J connectivity index is 1.71. The van der Waals surface area contributed by atoms with Crippen LogP contribution < -0.4 is 10.1 Å². The molecular formula is C23H14Cl2FIN2O2. The van der Waals surface area contributed by atoms with Crippen molar-refractivity contribution in [2.45, 2.75) is 6.61 Å². The van der Waals surface area contributed by atoms with Gasteiger partial charge in [0.2, 0.25) is 0 Å². The van der Waals surface area contributed by atoms with Gasteiger partial charge in [0.15, 0.2) is 0 Å². The molecule has 31 heavy (non-hydrogen) atoms. The summed E-state index contributed by atoms with van der Waals surface area (Å²) in [7, 11) is 0. The number of nitriles is 1. The fraction of sp³-hybridized carbons (Fsp3) is 0.0435. The Morgan fingerprint density at radius 1 is 1.13 bits per heavy atom. The predicted octanol–water partition coefficient (Wildman–Crippen LogP) is 6.86. The molecule has 8 heteroatoms. The fourth-order valence-electron chi connectivity index (χ4n) is 2.60. The number of anilines is 1. The van der Waals surface area contributed by atoms with Crippen molar-refractivity contribution < 1.29 is 13.9 Å². The third kappa shape index (κ3) is 6.44. The maximum absolute atomic E-state index is 13.3. The third-order valence-electron chi connectivity index (χ3n) is 4.09. The fourth-order valence-corrected chi connectivity index (χ4v) is 3.59. The monoisotopic (exact) mass is 566 g/mol. The van der Waals surface area contributed by atoms with E-state index in [0.717, 1.165) is 3.57 Å². The van der Waals surface area contributed by atoms with Crippen molar-refractivity contribution >= 4 is 63.5 Å². The zero-order chi connectivity index (χ0) is 22.4. The normalized spacial score (nSPS) is 11.0. The van der Waals surface area contributed by atoms with Crippen LogP contribution in [0.5, 0.6) is 5.75 Å². The van der Waals surface area contributed by atoms with Crippen LogP contribution in [0.15, 0.2) is 66.2 Å². The van der Waals surface area contributed by atoms with E-state index in [-0.39, 0.29) is 18.0 Å². The minimum atomic E-state index is -0.567. The Labute approximate surface area is 202 Å². The first-order chi connectivity index (χ1) is 14.9. The Hall–Kier alpha value is -2.60. The molecule has 0 saturated carbocycles. The van der Waals surface area contributed by atoms with E-state index in [4.69, 9.17) is 27.9 Å². The minimum Gasteiger partial charge on any atom is -0.488 e. The van der Waals surface area contributed by atoms with Gasteiger partial charge in [0.05, 0.1) is 13.6 Å². The van der Waals surface area contributed by atoms with Crippen LogP contribution in [0.25, 0.3) is 6.08 Å². The summed E-state index contributed by atoms with van der Waals surface area (Å²) < 4.78 is 19.8. The molecule has 156 valence electrons. The van der Waals surface area contributed by atoms with Gasteiger partial charge in [-0.3, -0.25) is 4.79 Å². The van der Waals surface area contributed by atoms with Gasteiger partial charge in [0, 0.05) is 5.69 Å². The Bertz CT molecular complexity index is 1210. The van der Waals surface area contributed by atoms with Crippen molar-refractivity contribution in [2.75, 3.05) is 5.32 Å². The number of hydrogen-bond acceptors (Lipinski definition) is 3. The average Bonchev–Trinajstić information content (AvgIpc) is 2.74. The summed E-state index contributed by atoms with van der Waals surface area (Å²) in [6.07, 6.45) is 1.48. The topological polar surface area (TPSA) is 62.1 Å². The lowest BCUT2D eigenvalue weighted by Crippen LogP contribution is -2.13. The Kier molecular flexibility index (Phi) is 7.91. The van der Waals surface area contributed by atoms with E-state index < -0.39 is 5.91 Å². The maximum atomic E-state index is 13.3. The summed E-state index contributed by atoms with van der Waals surface area (Å²) in [5, 5.41) is 12.7. The van der Waals surface area contributed by atoms with E-state index in [9.17, 15) is 14.4 Å². The van der Waals surface area contributed by atoms with Gasteiger partial charge in [-0.2, -0.15) is 5.26 Å². The van der Waals surface area contributed by atoms with E-state index in [0.29, 0.717) is 32.6 Å². The highest BCUT2D eigenvalue weighted by molar-refractivity contribution is 14.1. The number of rotatable bonds is 6. The van der Waals surface area contributed by atoms with E-state index in [1.54, 1.807) is 42.5 Å². The summed E-state index contributed by atoms with van der Waals surface area (Å²) >= 11 is 13.9. The van der Waals surface area contributed by atoms with Gasteiger partial charge >= 0.3 is 0 Å². The van der Waals surface area contributed by atoms with E-state index in [1.807, 2.05) is 6.07 Å². The van der Waals surface area contributed by atoms with Crippen LogP contribution in [0.2, 0.25) is 10.0 Å². The lowest BCUT2D eigenvalue weighted by Gasteiger charge is -2.09. The molecule has 0 unspecified atom stereocenters. The molecule has 3 aromatic rings. The Morgan fingerprint density at radius 2 is 1.94 bits per heavy atom. The summed E-state index contributed by atoms with van der Waals surface area (Å²) in [4.78, 5) is 12.4. The second-order valence-corrected chi connectivity index (χ2v) is 8.34. The van der Waals surface area contributed by atoms with Crippen LogP contribution in [-0.2, 0) is 11.4 Å². The Morgan fingerprint density at radius 3 is 2.61 bits per heavy atom. The van der Waals surface area contributed by atoms with Gasteiger partial charge in [-0.15, -0.1) is 0 Å². The number of ether oxygens (including phenoxy) is 1. The van der Waals surface area contributed by atoms with Crippen molar-refractivity contribution in [2.24, 2.45) is 0 Å². The van der Waals surface area contributed by atoms with Crippen molar-refractivity contribution in [3.05, 3.63) is 96.8 Å². The third-order valence-corrected chi connectivity index (χ3v) is 5.67. The number of halogens is 4. The van der Waals surface area contributed by atoms with E-state index in [2.05, 4.69) is 27.9 Å². The molecule has 0 spiro atoms. The summed E-state index contributed by atoms with van der Waals surface area (Å²) in [6.45, 7) is 0.221. The molecule has 1 N–H and O–H groups in total. The van der Waals surface area contributed by atoms with E-state index >= 15 is 0 Å². The molecule has 0 radical (unpaired) electrons. The SMILES string of the molecule is N#C/C(=C\c1ccc(OCc2cccc(F)c2)c(I)c1)C(=O)Nc1ccc(Cl)c(Cl)c1. The molecule has 3 rings (SSSR count). The minimum absolute atomic E-state index is 0.0738. The standard InChI is InChI=1S/C23H14Cl2FIN2O2/c24-19-6-5-18(11-20(19)25)29-23(30)16(12-28)8-14-4-7-22(21(27)10-14)31-13-15-2-1-3-17(26)9-15/h1-11H,13H2,(H,29,30)/b16-8+. The molecule has 0 aliphatic rings. The van der Waals surface area contributed by atoms with Crippen LogP contribution in [-0.4, -0.2) is 5.91 Å². The molecule has 3 aromatic carbocycles. The van der Waals surface area contributed by atoms with Crippen LogP contribution in [0.1, 0.15) is 11.1 Å². The lowest BCUT2D eigenvalue weighted by molar-refractivity contribution is -0.112. The summed E-state index contributed by atoms with van der Waals surface area (Å²) in [5.74, 6) is -0.275. The molecule has 0 fully saturated rings. The molecule has 0 aromatic heterocycles. The second kappa shape index (κ2) is 10.6. The average molecular weight is 567 g/mol. The van der Waals surface area contributed by atoms with Gasteiger partial charge in [-0.25, -0.2) is 4.39 Å². The number of carbonyl (C=O) groups is 1. The number of nitrogens with one attached hydrogen (secondary N) is 1. The first kappa shape index (κ1) is 23.1. The molecule has 0 atom stereocenters. The zero-order valence-corrected chi connectivity index (χ0v) is 19.5. The first-order valence-corrected chi connectivity index (χ1v) is 10.7. The van der Waals surface area contributed by atoms with Crippen molar-refractivity contribution in [1.29, 1.82) is 5.26 Å². The molecular weight excluding hydrogens is 553 g/mol. The van der Waals surface area contributed by atoms with Gasteiger partial charge in [-0.1, -0.05) is 41.4 Å². The maximum Gasteiger partial charge on any atom is 0.266 e.